The van der Waals surface area contributed by atoms with Crippen molar-refractivity contribution in [1.82, 2.24) is 0 Å². The molecular formula is C22H22ClNO2. The van der Waals surface area contributed by atoms with Gasteiger partial charge in [-0.1, -0.05) is 47.4 Å². The van der Waals surface area contributed by atoms with Gasteiger partial charge in [-0.15, -0.1) is 0 Å². The molecule has 3 fully saturated rings. The zero-order chi connectivity index (χ0) is 18.0. The van der Waals surface area contributed by atoms with Gasteiger partial charge in [0, 0.05) is 16.9 Å². The number of halogens is 1. The van der Waals surface area contributed by atoms with Crippen molar-refractivity contribution in [3.8, 4) is 0 Å². The molecule has 4 heteroatoms. The molecule has 1 aromatic rings. The third-order valence-electron chi connectivity index (χ3n) is 6.76. The van der Waals surface area contributed by atoms with Crippen molar-refractivity contribution in [1.29, 1.82) is 0 Å². The van der Waals surface area contributed by atoms with E-state index >= 15 is 0 Å². The largest absolute Gasteiger partial charge is 0.274 e. The molecule has 4 aliphatic rings. The van der Waals surface area contributed by atoms with Crippen LogP contribution in [0.2, 0.25) is 5.02 Å². The van der Waals surface area contributed by atoms with E-state index in [4.69, 9.17) is 11.6 Å². The number of anilines is 1. The minimum absolute atomic E-state index is 0.0453. The second-order valence-corrected chi connectivity index (χ2v) is 8.41. The summed E-state index contributed by atoms with van der Waals surface area (Å²) >= 11 is 6.23. The molecule has 1 aromatic carbocycles. The number of amides is 2. The lowest BCUT2D eigenvalue weighted by molar-refractivity contribution is -0.122. The van der Waals surface area contributed by atoms with E-state index in [2.05, 4.69) is 12.2 Å². The maximum Gasteiger partial charge on any atom is 0.238 e. The first-order chi connectivity index (χ1) is 12.6. The smallest absolute Gasteiger partial charge is 0.238 e. The van der Waals surface area contributed by atoms with Crippen molar-refractivity contribution < 1.29 is 9.59 Å². The van der Waals surface area contributed by atoms with Crippen LogP contribution in [0.15, 0.2) is 41.5 Å². The second kappa shape index (κ2) is 5.82. The van der Waals surface area contributed by atoms with Crippen LogP contribution >= 0.6 is 11.6 Å². The van der Waals surface area contributed by atoms with Crippen molar-refractivity contribution >= 4 is 29.1 Å². The highest BCUT2D eigenvalue weighted by atomic mass is 35.5. The van der Waals surface area contributed by atoms with E-state index < -0.39 is 0 Å². The van der Waals surface area contributed by atoms with Crippen LogP contribution in [0.3, 0.4) is 0 Å². The Morgan fingerprint density at radius 1 is 0.962 bits per heavy atom. The van der Waals surface area contributed by atoms with E-state index in [9.17, 15) is 9.59 Å². The second-order valence-electron chi connectivity index (χ2n) is 8.00. The molecule has 0 unspecified atom stereocenters. The summed E-state index contributed by atoms with van der Waals surface area (Å²) in [5, 5.41) is 0.589. The van der Waals surface area contributed by atoms with Gasteiger partial charge < -0.3 is 0 Å². The summed E-state index contributed by atoms with van der Waals surface area (Å²) in [7, 11) is 0. The molecule has 1 aliphatic heterocycles. The zero-order valence-electron chi connectivity index (χ0n) is 14.9. The lowest BCUT2D eigenvalue weighted by Gasteiger charge is -2.23. The Morgan fingerprint density at radius 3 is 2.19 bits per heavy atom. The maximum absolute atomic E-state index is 13.3. The van der Waals surface area contributed by atoms with E-state index in [0.29, 0.717) is 10.7 Å². The van der Waals surface area contributed by atoms with Crippen molar-refractivity contribution in [2.75, 3.05) is 4.90 Å². The van der Waals surface area contributed by atoms with Gasteiger partial charge in [-0.25, -0.2) is 4.90 Å². The molecule has 0 spiro atoms. The van der Waals surface area contributed by atoms with Crippen molar-refractivity contribution in [2.45, 2.75) is 39.0 Å². The predicted molar refractivity (Wildman–Crippen MR) is 102 cm³/mol. The van der Waals surface area contributed by atoms with Gasteiger partial charge in [-0.3, -0.25) is 9.59 Å². The Labute approximate surface area is 158 Å². The molecule has 5 rings (SSSR count). The molecule has 3 aliphatic carbocycles. The molecule has 0 radical (unpaired) electrons. The van der Waals surface area contributed by atoms with Gasteiger partial charge in [0.05, 0.1) is 17.5 Å². The summed E-state index contributed by atoms with van der Waals surface area (Å²) in [6.07, 6.45) is 10.4. The summed E-state index contributed by atoms with van der Waals surface area (Å²) in [6, 6.07) is 5.43. The number of rotatable bonds is 1. The van der Waals surface area contributed by atoms with Gasteiger partial charge in [0.2, 0.25) is 11.8 Å². The number of imide groups is 1. The topological polar surface area (TPSA) is 37.4 Å². The van der Waals surface area contributed by atoms with Crippen LogP contribution in [0.4, 0.5) is 5.69 Å². The molecule has 1 saturated heterocycles. The first-order valence-corrected chi connectivity index (χ1v) is 10.0. The molecule has 4 atom stereocenters. The van der Waals surface area contributed by atoms with Crippen LogP contribution < -0.4 is 4.90 Å². The highest BCUT2D eigenvalue weighted by molar-refractivity contribution is 6.32. The number of fused-ring (bicyclic) bond motifs is 5. The van der Waals surface area contributed by atoms with E-state index in [1.54, 1.807) is 6.07 Å². The Kier molecular flexibility index (Phi) is 3.65. The fourth-order valence-electron chi connectivity index (χ4n) is 5.58. The fraction of sp³-hybridized carbons (Fsp3) is 0.455. The number of hydrogen-bond acceptors (Lipinski definition) is 2. The Bertz CT molecular complexity index is 842. The Hall–Kier alpha value is -1.87. The van der Waals surface area contributed by atoms with Gasteiger partial charge in [-0.05, 0) is 50.3 Å². The van der Waals surface area contributed by atoms with Crippen molar-refractivity contribution in [2.24, 2.45) is 23.7 Å². The average molecular weight is 368 g/mol. The van der Waals surface area contributed by atoms with Crippen LogP contribution in [0.5, 0.6) is 0 Å². The third kappa shape index (κ3) is 2.07. The lowest BCUT2D eigenvalue weighted by atomic mass is 9.85. The molecule has 0 aromatic heterocycles. The van der Waals surface area contributed by atoms with E-state index in [0.717, 1.165) is 18.4 Å². The average Bonchev–Trinajstić information content (AvgIpc) is 3.29. The van der Waals surface area contributed by atoms with E-state index in [-0.39, 0.29) is 35.5 Å². The number of nitrogens with zero attached hydrogens (tertiary/aromatic N) is 1. The SMILES string of the molecule is Cc1c(Cl)cccc1N1C(=O)[C@@H]2[C@H](C1=O)[C@H]1C=C[C@@H]2C1=C1CCCCC1. The Balaban J connectivity index is 1.55. The van der Waals surface area contributed by atoms with Gasteiger partial charge >= 0.3 is 0 Å². The molecule has 1 heterocycles. The van der Waals surface area contributed by atoms with Crippen molar-refractivity contribution in [3.05, 3.63) is 52.1 Å². The van der Waals surface area contributed by atoms with Crippen LogP contribution in [-0.4, -0.2) is 11.8 Å². The fourth-order valence-corrected chi connectivity index (χ4v) is 5.75. The highest BCUT2D eigenvalue weighted by Gasteiger charge is 2.62. The van der Waals surface area contributed by atoms with Crippen LogP contribution in [-0.2, 0) is 9.59 Å². The standard InChI is InChI=1S/C22H22ClNO2/c1-12-16(23)8-5-9-17(12)24-21(25)19-14-10-11-15(20(19)22(24)26)18(14)13-6-3-2-4-7-13/h5,8-11,14-15,19-20H,2-4,6-7H2,1H3/t14-,15+,19+,20-. The van der Waals surface area contributed by atoms with Crippen LogP contribution in [0.25, 0.3) is 0 Å². The Morgan fingerprint density at radius 2 is 1.58 bits per heavy atom. The number of benzene rings is 1. The van der Waals surface area contributed by atoms with Gasteiger partial charge in [-0.2, -0.15) is 0 Å². The molecule has 2 bridgehead atoms. The number of allylic oxidation sites excluding steroid dienone is 4. The molecule has 0 N–H and O–H groups in total. The van der Waals surface area contributed by atoms with E-state index in [1.807, 2.05) is 19.1 Å². The minimum Gasteiger partial charge on any atom is -0.274 e. The lowest BCUT2D eigenvalue weighted by Crippen LogP contribution is -2.34. The molecule has 2 saturated carbocycles. The summed E-state index contributed by atoms with van der Waals surface area (Å²) < 4.78 is 0. The summed E-state index contributed by atoms with van der Waals surface area (Å²) in [5.74, 6) is -0.286. The molecule has 26 heavy (non-hydrogen) atoms. The molecule has 2 amide bonds. The first-order valence-electron chi connectivity index (χ1n) is 9.62. The summed E-state index contributed by atoms with van der Waals surface area (Å²) in [5.41, 5.74) is 4.37. The summed E-state index contributed by atoms with van der Waals surface area (Å²) in [6.45, 7) is 1.87. The first kappa shape index (κ1) is 16.3. The number of carbonyl (C=O) groups is 2. The number of hydrogen-bond donors (Lipinski definition) is 0. The molecule has 3 nitrogen and oxygen atoms in total. The minimum atomic E-state index is -0.222. The van der Waals surface area contributed by atoms with Gasteiger partial charge in [0.1, 0.15) is 0 Å². The van der Waals surface area contributed by atoms with Crippen LogP contribution in [0, 0.1) is 30.6 Å². The molecule has 134 valence electrons. The van der Waals surface area contributed by atoms with Gasteiger partial charge in [0.15, 0.2) is 0 Å². The highest BCUT2D eigenvalue weighted by Crippen LogP contribution is 2.58. The maximum atomic E-state index is 13.3. The normalized spacial score (nSPS) is 32.8. The zero-order valence-corrected chi connectivity index (χ0v) is 15.6. The van der Waals surface area contributed by atoms with Gasteiger partial charge in [0.25, 0.3) is 0 Å². The van der Waals surface area contributed by atoms with Crippen LogP contribution in [0.1, 0.15) is 37.7 Å². The van der Waals surface area contributed by atoms with E-state index in [1.165, 1.54) is 35.3 Å². The quantitative estimate of drug-likeness (QED) is 0.526. The number of carbonyl (C=O) groups excluding carboxylic acids is 2. The predicted octanol–water partition coefficient (Wildman–Crippen LogP) is 4.83. The third-order valence-corrected chi connectivity index (χ3v) is 7.17. The monoisotopic (exact) mass is 367 g/mol. The van der Waals surface area contributed by atoms with Crippen molar-refractivity contribution in [3.63, 3.8) is 0 Å². The molecular weight excluding hydrogens is 346 g/mol. The summed E-state index contributed by atoms with van der Waals surface area (Å²) in [4.78, 5) is 28.0.